The molecule has 0 atom stereocenters. The lowest BCUT2D eigenvalue weighted by molar-refractivity contribution is 0.102. The number of aryl methyl sites for hydroxylation is 1. The molecule has 0 spiro atoms. The maximum absolute atomic E-state index is 12.8. The monoisotopic (exact) mass is 428 g/mol. The molecule has 0 fully saturated rings. The molecule has 2 N–H and O–H groups in total. The Kier molecular flexibility index (Phi) is 6.00. The van der Waals surface area contributed by atoms with Gasteiger partial charge in [-0.05, 0) is 48.9 Å². The van der Waals surface area contributed by atoms with Gasteiger partial charge in [-0.3, -0.25) is 14.3 Å². The lowest BCUT2D eigenvalue weighted by Gasteiger charge is -2.13. The Morgan fingerprint density at radius 2 is 1.69 bits per heavy atom. The standard InChI is InChI=1S/C21H17ClN2O4S/c1-14-6-11-17(23-21(26)16-9-7-15(13-25)8-10-16)12-20(14)29(27,28)24-19-5-3-2-4-18(19)22/h2-13,24H,1H3,(H,23,26). The molecular weight excluding hydrogens is 412 g/mol. The second-order valence-corrected chi connectivity index (χ2v) is 8.32. The molecule has 8 heteroatoms. The van der Waals surface area contributed by atoms with Crippen molar-refractivity contribution in [3.05, 3.63) is 88.4 Å². The summed E-state index contributed by atoms with van der Waals surface area (Å²) >= 11 is 6.04. The Labute approximate surface area is 173 Å². The summed E-state index contributed by atoms with van der Waals surface area (Å²) in [6.07, 6.45) is 0.685. The molecule has 0 saturated heterocycles. The number of sulfonamides is 1. The molecule has 6 nitrogen and oxygen atoms in total. The largest absolute Gasteiger partial charge is 0.322 e. The Morgan fingerprint density at radius 3 is 2.34 bits per heavy atom. The zero-order chi connectivity index (χ0) is 21.0. The van der Waals surface area contributed by atoms with E-state index in [9.17, 15) is 18.0 Å². The van der Waals surface area contributed by atoms with Crippen LogP contribution in [0.3, 0.4) is 0 Å². The van der Waals surface area contributed by atoms with Crippen LogP contribution in [0.15, 0.2) is 71.6 Å². The van der Waals surface area contributed by atoms with Crippen LogP contribution >= 0.6 is 11.6 Å². The smallest absolute Gasteiger partial charge is 0.262 e. The molecule has 0 radical (unpaired) electrons. The second kappa shape index (κ2) is 8.46. The Morgan fingerprint density at radius 1 is 1.00 bits per heavy atom. The highest BCUT2D eigenvalue weighted by atomic mass is 35.5. The third-order valence-corrected chi connectivity index (χ3v) is 6.00. The summed E-state index contributed by atoms with van der Waals surface area (Å²) in [7, 11) is -3.92. The summed E-state index contributed by atoms with van der Waals surface area (Å²) < 4.78 is 28.1. The molecule has 0 aliphatic heterocycles. The predicted octanol–water partition coefficient (Wildman–Crippen LogP) is 4.51. The molecule has 29 heavy (non-hydrogen) atoms. The van der Waals surface area contributed by atoms with E-state index in [1.807, 2.05) is 0 Å². The van der Waals surface area contributed by atoms with Crippen LogP contribution < -0.4 is 10.0 Å². The third-order valence-electron chi connectivity index (χ3n) is 4.16. The van der Waals surface area contributed by atoms with Crippen LogP contribution in [-0.4, -0.2) is 20.6 Å². The van der Waals surface area contributed by atoms with Gasteiger partial charge >= 0.3 is 0 Å². The minimum atomic E-state index is -3.92. The van der Waals surface area contributed by atoms with E-state index in [1.165, 1.54) is 30.3 Å². The average molecular weight is 429 g/mol. The number of carbonyl (C=O) groups is 2. The Balaban J connectivity index is 1.86. The molecule has 3 aromatic rings. The van der Waals surface area contributed by atoms with Crippen LogP contribution in [0, 0.1) is 6.92 Å². The molecule has 0 aliphatic carbocycles. The fourth-order valence-corrected chi connectivity index (χ4v) is 4.22. The number of halogens is 1. The maximum Gasteiger partial charge on any atom is 0.262 e. The number of amides is 1. The van der Waals surface area contributed by atoms with Gasteiger partial charge < -0.3 is 5.32 Å². The van der Waals surface area contributed by atoms with Crippen molar-refractivity contribution in [2.45, 2.75) is 11.8 Å². The highest BCUT2D eigenvalue weighted by Crippen LogP contribution is 2.27. The Hall–Kier alpha value is -3.16. The highest BCUT2D eigenvalue weighted by molar-refractivity contribution is 7.92. The van der Waals surface area contributed by atoms with E-state index in [0.29, 0.717) is 28.7 Å². The quantitative estimate of drug-likeness (QED) is 0.565. The van der Waals surface area contributed by atoms with Gasteiger partial charge in [0.15, 0.2) is 0 Å². The first-order chi connectivity index (χ1) is 13.8. The molecule has 0 heterocycles. The zero-order valence-electron chi connectivity index (χ0n) is 15.3. The molecule has 148 valence electrons. The van der Waals surface area contributed by atoms with Gasteiger partial charge in [0.05, 0.1) is 15.6 Å². The number of aldehydes is 1. The molecule has 0 bridgehead atoms. The number of hydrogen-bond acceptors (Lipinski definition) is 4. The lowest BCUT2D eigenvalue weighted by Crippen LogP contribution is -2.16. The SMILES string of the molecule is Cc1ccc(NC(=O)c2ccc(C=O)cc2)cc1S(=O)(=O)Nc1ccccc1Cl. The van der Waals surface area contributed by atoms with E-state index in [2.05, 4.69) is 10.0 Å². The first kappa shape index (κ1) is 20.6. The number of rotatable bonds is 6. The van der Waals surface area contributed by atoms with Gasteiger partial charge in [-0.2, -0.15) is 0 Å². The number of para-hydroxylation sites is 1. The van der Waals surface area contributed by atoms with Crippen LogP contribution in [0.4, 0.5) is 11.4 Å². The fraction of sp³-hybridized carbons (Fsp3) is 0.0476. The van der Waals surface area contributed by atoms with Crippen molar-refractivity contribution in [3.8, 4) is 0 Å². The number of benzene rings is 3. The summed E-state index contributed by atoms with van der Waals surface area (Å²) in [5, 5.41) is 2.94. The topological polar surface area (TPSA) is 92.3 Å². The summed E-state index contributed by atoms with van der Waals surface area (Å²) in [5.41, 5.74) is 1.89. The van der Waals surface area contributed by atoms with E-state index in [1.54, 1.807) is 43.3 Å². The van der Waals surface area contributed by atoms with E-state index in [4.69, 9.17) is 11.6 Å². The van der Waals surface area contributed by atoms with Crippen molar-refractivity contribution in [3.63, 3.8) is 0 Å². The first-order valence-electron chi connectivity index (χ1n) is 8.55. The van der Waals surface area contributed by atoms with Crippen molar-refractivity contribution in [1.82, 2.24) is 0 Å². The third kappa shape index (κ3) is 4.82. The van der Waals surface area contributed by atoms with Crippen molar-refractivity contribution in [2.75, 3.05) is 10.0 Å². The molecule has 0 unspecified atom stereocenters. The maximum atomic E-state index is 12.8. The lowest BCUT2D eigenvalue weighted by atomic mass is 10.1. The molecule has 3 aromatic carbocycles. The fourth-order valence-electron chi connectivity index (χ4n) is 2.63. The van der Waals surface area contributed by atoms with Gasteiger partial charge in [-0.1, -0.05) is 41.9 Å². The van der Waals surface area contributed by atoms with Crippen molar-refractivity contribution in [1.29, 1.82) is 0 Å². The highest BCUT2D eigenvalue weighted by Gasteiger charge is 2.19. The first-order valence-corrected chi connectivity index (χ1v) is 10.4. The van der Waals surface area contributed by atoms with Gasteiger partial charge in [0.1, 0.15) is 6.29 Å². The van der Waals surface area contributed by atoms with E-state index >= 15 is 0 Å². The molecule has 3 rings (SSSR count). The molecule has 0 aliphatic rings. The van der Waals surface area contributed by atoms with E-state index < -0.39 is 15.9 Å². The van der Waals surface area contributed by atoms with E-state index in [-0.39, 0.29) is 15.6 Å². The number of nitrogens with one attached hydrogen (secondary N) is 2. The number of anilines is 2. The minimum absolute atomic E-state index is 0.0199. The van der Waals surface area contributed by atoms with Gasteiger partial charge in [0.2, 0.25) is 0 Å². The molecule has 1 amide bonds. The number of carbonyl (C=O) groups excluding carboxylic acids is 2. The minimum Gasteiger partial charge on any atom is -0.322 e. The van der Waals surface area contributed by atoms with Crippen molar-refractivity contribution < 1.29 is 18.0 Å². The molecule has 0 saturated carbocycles. The van der Waals surface area contributed by atoms with Crippen molar-refractivity contribution in [2.24, 2.45) is 0 Å². The Bertz CT molecular complexity index is 1180. The normalized spacial score (nSPS) is 11.0. The van der Waals surface area contributed by atoms with Gasteiger partial charge in [0.25, 0.3) is 15.9 Å². The summed E-state index contributed by atoms with van der Waals surface area (Å²) in [6.45, 7) is 1.66. The van der Waals surface area contributed by atoms with Crippen LogP contribution in [-0.2, 0) is 10.0 Å². The summed E-state index contributed by atoms with van der Waals surface area (Å²) in [4.78, 5) is 23.2. The predicted molar refractivity (Wildman–Crippen MR) is 113 cm³/mol. The van der Waals surface area contributed by atoms with Crippen LogP contribution in [0.2, 0.25) is 5.02 Å². The van der Waals surface area contributed by atoms with Crippen LogP contribution in [0.25, 0.3) is 0 Å². The second-order valence-electron chi connectivity index (χ2n) is 6.26. The molecular formula is C21H17ClN2O4S. The van der Waals surface area contributed by atoms with Crippen LogP contribution in [0.5, 0.6) is 0 Å². The summed E-state index contributed by atoms with van der Waals surface area (Å²) in [6, 6.07) is 17.2. The summed E-state index contributed by atoms with van der Waals surface area (Å²) in [5.74, 6) is -0.422. The zero-order valence-corrected chi connectivity index (χ0v) is 16.9. The van der Waals surface area contributed by atoms with Gasteiger partial charge in [-0.15, -0.1) is 0 Å². The van der Waals surface area contributed by atoms with Crippen LogP contribution in [0.1, 0.15) is 26.3 Å². The molecule has 0 aromatic heterocycles. The van der Waals surface area contributed by atoms with Crippen molar-refractivity contribution >= 4 is 45.2 Å². The van der Waals surface area contributed by atoms with Gasteiger partial charge in [0, 0.05) is 16.8 Å². The van der Waals surface area contributed by atoms with Gasteiger partial charge in [-0.25, -0.2) is 8.42 Å². The van der Waals surface area contributed by atoms with E-state index in [0.717, 1.165) is 0 Å². The average Bonchev–Trinajstić information content (AvgIpc) is 2.71. The number of hydrogen-bond donors (Lipinski definition) is 2.